The standard InChI is InChI=1S/C14H15N5O3S/c20-13(21)7-12-8-23-6-5-18(12)14(22)10-1-3-11(4-2-10)19-9-15-16-17-19/h1-4,9,12H,5-8H2,(H,20,21). The molecule has 1 fully saturated rings. The van der Waals surface area contributed by atoms with Crippen LogP contribution in [0.3, 0.4) is 0 Å². The van der Waals surface area contributed by atoms with Crippen LogP contribution in [-0.4, -0.2) is 66.2 Å². The highest BCUT2D eigenvalue weighted by atomic mass is 32.2. The minimum absolute atomic E-state index is 0.0263. The van der Waals surface area contributed by atoms with E-state index in [4.69, 9.17) is 5.11 Å². The van der Waals surface area contributed by atoms with Crippen LogP contribution in [0, 0.1) is 0 Å². The van der Waals surface area contributed by atoms with Crippen molar-refractivity contribution in [2.24, 2.45) is 0 Å². The molecule has 1 N–H and O–H groups in total. The number of carbonyl (C=O) groups is 2. The highest BCUT2D eigenvalue weighted by molar-refractivity contribution is 7.99. The van der Waals surface area contributed by atoms with Crippen LogP contribution >= 0.6 is 11.8 Å². The van der Waals surface area contributed by atoms with Gasteiger partial charge in [-0.25, -0.2) is 4.68 Å². The molecule has 0 bridgehead atoms. The molecular weight excluding hydrogens is 318 g/mol. The van der Waals surface area contributed by atoms with Gasteiger partial charge < -0.3 is 10.0 Å². The molecule has 0 radical (unpaired) electrons. The Labute approximate surface area is 136 Å². The highest BCUT2D eigenvalue weighted by Crippen LogP contribution is 2.21. The molecular formula is C14H15N5O3S. The predicted molar refractivity (Wildman–Crippen MR) is 83.6 cm³/mol. The topological polar surface area (TPSA) is 101 Å². The van der Waals surface area contributed by atoms with Crippen molar-refractivity contribution >= 4 is 23.6 Å². The van der Waals surface area contributed by atoms with E-state index < -0.39 is 5.97 Å². The van der Waals surface area contributed by atoms with E-state index in [9.17, 15) is 9.59 Å². The van der Waals surface area contributed by atoms with Gasteiger partial charge in [-0.05, 0) is 34.7 Å². The number of aliphatic carboxylic acids is 1. The molecule has 0 aliphatic carbocycles. The monoisotopic (exact) mass is 333 g/mol. The number of carboxylic acids is 1. The molecule has 0 saturated carbocycles. The number of rotatable bonds is 4. The second-order valence-corrected chi connectivity index (χ2v) is 6.28. The van der Waals surface area contributed by atoms with Crippen LogP contribution in [0.2, 0.25) is 0 Å². The number of tetrazole rings is 1. The zero-order valence-electron chi connectivity index (χ0n) is 12.2. The molecule has 1 unspecified atom stereocenters. The molecule has 1 atom stereocenters. The maximum Gasteiger partial charge on any atom is 0.305 e. The number of carbonyl (C=O) groups excluding carboxylic acids is 1. The molecule has 0 spiro atoms. The van der Waals surface area contributed by atoms with Crippen molar-refractivity contribution in [2.75, 3.05) is 18.1 Å². The number of thioether (sulfide) groups is 1. The Kier molecular flexibility index (Phi) is 4.56. The fourth-order valence-corrected chi connectivity index (χ4v) is 3.56. The number of hydrogen-bond acceptors (Lipinski definition) is 6. The number of nitrogens with zero attached hydrogens (tertiary/aromatic N) is 5. The second kappa shape index (κ2) is 6.78. The van der Waals surface area contributed by atoms with Crippen LogP contribution in [0.4, 0.5) is 0 Å². The van der Waals surface area contributed by atoms with Gasteiger partial charge in [-0.3, -0.25) is 9.59 Å². The quantitative estimate of drug-likeness (QED) is 0.878. The maximum atomic E-state index is 12.7. The number of carboxylic acid groups (broad SMARTS) is 1. The number of amides is 1. The number of hydrogen-bond donors (Lipinski definition) is 1. The summed E-state index contributed by atoms with van der Waals surface area (Å²) in [6, 6.07) is 6.67. The van der Waals surface area contributed by atoms with Gasteiger partial charge in [0.1, 0.15) is 6.33 Å². The lowest BCUT2D eigenvalue weighted by atomic mass is 10.1. The average molecular weight is 333 g/mol. The van der Waals surface area contributed by atoms with Gasteiger partial charge in [0.25, 0.3) is 5.91 Å². The summed E-state index contributed by atoms with van der Waals surface area (Å²) in [5, 5.41) is 19.9. The lowest BCUT2D eigenvalue weighted by molar-refractivity contribution is -0.138. The van der Waals surface area contributed by atoms with Crippen molar-refractivity contribution in [3.05, 3.63) is 36.2 Å². The van der Waals surface area contributed by atoms with Gasteiger partial charge >= 0.3 is 5.97 Å². The van der Waals surface area contributed by atoms with Crippen LogP contribution in [0.15, 0.2) is 30.6 Å². The third kappa shape index (κ3) is 3.50. The first kappa shape index (κ1) is 15.5. The van der Waals surface area contributed by atoms with E-state index in [0.29, 0.717) is 17.9 Å². The Morgan fingerprint density at radius 3 is 2.74 bits per heavy atom. The summed E-state index contributed by atoms with van der Waals surface area (Å²) in [5.74, 6) is 0.454. The van der Waals surface area contributed by atoms with Crippen molar-refractivity contribution in [2.45, 2.75) is 12.5 Å². The fourth-order valence-electron chi connectivity index (χ4n) is 2.50. The van der Waals surface area contributed by atoms with Crippen molar-refractivity contribution in [3.63, 3.8) is 0 Å². The van der Waals surface area contributed by atoms with Crippen LogP contribution in [0.5, 0.6) is 0 Å². The summed E-state index contributed by atoms with van der Waals surface area (Å²) in [6.45, 7) is 0.566. The van der Waals surface area contributed by atoms with E-state index in [1.807, 2.05) is 0 Å². The SMILES string of the molecule is O=C(O)CC1CSCCN1C(=O)c1ccc(-n2cnnn2)cc1. The summed E-state index contributed by atoms with van der Waals surface area (Å²) in [6.07, 6.45) is 1.45. The smallest absolute Gasteiger partial charge is 0.305 e. The minimum Gasteiger partial charge on any atom is -0.481 e. The summed E-state index contributed by atoms with van der Waals surface area (Å²) >= 11 is 1.68. The summed E-state index contributed by atoms with van der Waals surface area (Å²) in [7, 11) is 0. The molecule has 2 heterocycles. The Hall–Kier alpha value is -2.42. The molecule has 1 aliphatic heterocycles. The molecule has 1 aromatic heterocycles. The number of benzene rings is 1. The Balaban J connectivity index is 1.77. The molecule has 1 amide bonds. The molecule has 120 valence electrons. The number of aromatic nitrogens is 4. The van der Waals surface area contributed by atoms with Crippen LogP contribution in [-0.2, 0) is 4.79 Å². The van der Waals surface area contributed by atoms with Crippen molar-refractivity contribution in [3.8, 4) is 5.69 Å². The van der Waals surface area contributed by atoms with Crippen LogP contribution in [0.1, 0.15) is 16.8 Å². The Morgan fingerprint density at radius 1 is 1.30 bits per heavy atom. The molecule has 3 rings (SSSR count). The lowest BCUT2D eigenvalue weighted by Crippen LogP contribution is -2.47. The van der Waals surface area contributed by atoms with E-state index >= 15 is 0 Å². The van der Waals surface area contributed by atoms with E-state index in [1.165, 1.54) is 11.0 Å². The van der Waals surface area contributed by atoms with E-state index in [0.717, 1.165) is 11.4 Å². The van der Waals surface area contributed by atoms with E-state index in [2.05, 4.69) is 15.5 Å². The third-order valence-electron chi connectivity index (χ3n) is 3.63. The molecule has 8 nitrogen and oxygen atoms in total. The van der Waals surface area contributed by atoms with Crippen molar-refractivity contribution in [1.29, 1.82) is 0 Å². The fraction of sp³-hybridized carbons (Fsp3) is 0.357. The van der Waals surface area contributed by atoms with Crippen molar-refractivity contribution < 1.29 is 14.7 Å². The van der Waals surface area contributed by atoms with E-state index in [-0.39, 0.29) is 18.4 Å². The van der Waals surface area contributed by atoms with Gasteiger partial charge in [-0.15, -0.1) is 5.10 Å². The lowest BCUT2D eigenvalue weighted by Gasteiger charge is -2.34. The molecule has 1 aromatic carbocycles. The summed E-state index contributed by atoms with van der Waals surface area (Å²) in [5.41, 5.74) is 1.28. The molecule has 9 heteroatoms. The van der Waals surface area contributed by atoms with Crippen molar-refractivity contribution in [1.82, 2.24) is 25.1 Å². The van der Waals surface area contributed by atoms with Gasteiger partial charge in [-0.1, -0.05) is 0 Å². The normalized spacial score (nSPS) is 17.9. The van der Waals surface area contributed by atoms with Gasteiger partial charge in [0.15, 0.2) is 0 Å². The zero-order valence-corrected chi connectivity index (χ0v) is 13.0. The predicted octanol–water partition coefficient (Wildman–Crippen LogP) is 0.695. The maximum absolute atomic E-state index is 12.7. The third-order valence-corrected chi connectivity index (χ3v) is 4.72. The average Bonchev–Trinajstić information content (AvgIpc) is 3.09. The largest absolute Gasteiger partial charge is 0.481 e. The van der Waals surface area contributed by atoms with Gasteiger partial charge in [0, 0.05) is 23.6 Å². The van der Waals surface area contributed by atoms with Gasteiger partial charge in [0.2, 0.25) is 0 Å². The van der Waals surface area contributed by atoms with Gasteiger partial charge in [-0.2, -0.15) is 11.8 Å². The first-order valence-corrected chi connectivity index (χ1v) is 8.24. The summed E-state index contributed by atoms with van der Waals surface area (Å²) in [4.78, 5) is 25.3. The first-order chi connectivity index (χ1) is 11.1. The molecule has 1 saturated heterocycles. The van der Waals surface area contributed by atoms with Crippen LogP contribution < -0.4 is 0 Å². The second-order valence-electron chi connectivity index (χ2n) is 5.13. The first-order valence-electron chi connectivity index (χ1n) is 7.09. The van der Waals surface area contributed by atoms with Crippen LogP contribution in [0.25, 0.3) is 5.69 Å². The zero-order chi connectivity index (χ0) is 16.2. The molecule has 23 heavy (non-hydrogen) atoms. The Bertz CT molecular complexity index is 689. The molecule has 2 aromatic rings. The Morgan fingerprint density at radius 2 is 2.09 bits per heavy atom. The summed E-state index contributed by atoms with van der Waals surface area (Å²) < 4.78 is 1.50. The highest BCUT2D eigenvalue weighted by Gasteiger charge is 2.29. The van der Waals surface area contributed by atoms with Gasteiger partial charge in [0.05, 0.1) is 18.2 Å². The van der Waals surface area contributed by atoms with E-state index in [1.54, 1.807) is 40.9 Å². The minimum atomic E-state index is -0.885. The molecule has 1 aliphatic rings.